The molecule has 1 unspecified atom stereocenters. The molecule has 0 amide bonds. The van der Waals surface area contributed by atoms with Crippen molar-refractivity contribution in [2.75, 3.05) is 6.54 Å². The van der Waals surface area contributed by atoms with Gasteiger partial charge in [0.05, 0.1) is 11.6 Å². The zero-order valence-electron chi connectivity index (χ0n) is 11.5. The first-order valence-corrected chi connectivity index (χ1v) is 8.91. The predicted molar refractivity (Wildman–Crippen MR) is 81.1 cm³/mol. The van der Waals surface area contributed by atoms with Gasteiger partial charge in [-0.1, -0.05) is 24.4 Å². The van der Waals surface area contributed by atoms with Gasteiger partial charge in [-0.25, -0.2) is 18.5 Å². The van der Waals surface area contributed by atoms with Crippen molar-refractivity contribution in [3.05, 3.63) is 28.8 Å². The fraction of sp³-hybridized carbons (Fsp3) is 0.500. The number of hydrogen-bond acceptors (Lipinski definition) is 4. The fourth-order valence-electron chi connectivity index (χ4n) is 2.98. The van der Waals surface area contributed by atoms with Gasteiger partial charge in [-0.3, -0.25) is 0 Å². The first-order chi connectivity index (χ1) is 9.95. The average Bonchev–Trinajstić information content (AvgIpc) is 3.09. The Morgan fingerprint density at radius 3 is 2.67 bits per heavy atom. The number of aliphatic imine (C=N–C) groups is 1. The summed E-state index contributed by atoms with van der Waals surface area (Å²) in [6, 6.07) is 4.63. The lowest BCUT2D eigenvalue weighted by Gasteiger charge is -2.17. The van der Waals surface area contributed by atoms with E-state index in [2.05, 4.69) is 4.99 Å². The van der Waals surface area contributed by atoms with Gasteiger partial charge in [0.15, 0.2) is 0 Å². The fourth-order valence-corrected chi connectivity index (χ4v) is 4.05. The molecule has 2 aliphatic rings. The SMILES string of the molecule is NS(=O)(=O)c1cc(C2=NCC(C3CCCC3)O2)ccc1Cl. The maximum atomic E-state index is 11.5. The summed E-state index contributed by atoms with van der Waals surface area (Å²) in [5.41, 5.74) is 0.601. The van der Waals surface area contributed by atoms with Gasteiger partial charge in [-0.15, -0.1) is 0 Å². The monoisotopic (exact) mass is 328 g/mol. The summed E-state index contributed by atoms with van der Waals surface area (Å²) in [4.78, 5) is 4.30. The molecule has 3 rings (SSSR count). The van der Waals surface area contributed by atoms with E-state index in [9.17, 15) is 8.42 Å². The van der Waals surface area contributed by atoms with E-state index < -0.39 is 10.0 Å². The molecule has 1 aliphatic carbocycles. The number of nitrogens with two attached hydrogens (primary N) is 1. The quantitative estimate of drug-likeness (QED) is 0.924. The van der Waals surface area contributed by atoms with Crippen molar-refractivity contribution < 1.29 is 13.2 Å². The molecule has 0 bridgehead atoms. The number of ether oxygens (including phenoxy) is 1. The summed E-state index contributed by atoms with van der Waals surface area (Å²) in [6.45, 7) is 0.632. The van der Waals surface area contributed by atoms with Crippen LogP contribution in [0.1, 0.15) is 31.2 Å². The summed E-state index contributed by atoms with van der Waals surface area (Å²) >= 11 is 5.88. The number of sulfonamides is 1. The molecule has 5 nitrogen and oxygen atoms in total. The van der Waals surface area contributed by atoms with Crippen molar-refractivity contribution in [2.45, 2.75) is 36.7 Å². The van der Waals surface area contributed by atoms with E-state index in [-0.39, 0.29) is 16.0 Å². The Kier molecular flexibility index (Phi) is 3.94. The molecule has 1 heterocycles. The van der Waals surface area contributed by atoms with Crippen LogP contribution in [0.5, 0.6) is 0 Å². The van der Waals surface area contributed by atoms with Crippen LogP contribution in [0.15, 0.2) is 28.1 Å². The second-order valence-corrected chi connectivity index (χ2v) is 7.47. The van der Waals surface area contributed by atoms with Gasteiger partial charge in [0.25, 0.3) is 0 Å². The molecule has 114 valence electrons. The molecule has 1 aromatic rings. The molecule has 7 heteroatoms. The molecule has 1 aromatic carbocycles. The lowest BCUT2D eigenvalue weighted by Crippen LogP contribution is -2.22. The zero-order chi connectivity index (χ0) is 15.0. The largest absolute Gasteiger partial charge is 0.472 e. The van der Waals surface area contributed by atoms with Crippen molar-refractivity contribution in [2.24, 2.45) is 16.0 Å². The third-order valence-corrected chi connectivity index (χ3v) is 5.48. The number of primary sulfonamides is 1. The Bertz CT molecular complexity index is 681. The second kappa shape index (κ2) is 5.59. The van der Waals surface area contributed by atoms with E-state index in [1.807, 2.05) is 0 Å². The second-order valence-electron chi connectivity index (χ2n) is 5.54. The van der Waals surface area contributed by atoms with E-state index in [0.29, 0.717) is 23.9 Å². The van der Waals surface area contributed by atoms with Gasteiger partial charge in [-0.2, -0.15) is 0 Å². The van der Waals surface area contributed by atoms with E-state index in [0.717, 1.165) is 0 Å². The molecule has 0 spiro atoms. The summed E-state index contributed by atoms with van der Waals surface area (Å²) in [6.07, 6.45) is 4.95. The van der Waals surface area contributed by atoms with Gasteiger partial charge in [0, 0.05) is 5.56 Å². The predicted octanol–water partition coefficient (Wildman–Crippen LogP) is 2.32. The maximum Gasteiger partial charge on any atom is 0.239 e. The van der Waals surface area contributed by atoms with Crippen LogP contribution in [0.3, 0.4) is 0 Å². The van der Waals surface area contributed by atoms with Crippen molar-refractivity contribution in [3.63, 3.8) is 0 Å². The Labute approximate surface area is 129 Å². The molecule has 1 saturated carbocycles. The van der Waals surface area contributed by atoms with Gasteiger partial charge in [0.2, 0.25) is 15.9 Å². The molecule has 1 aliphatic heterocycles. The Balaban J connectivity index is 1.82. The van der Waals surface area contributed by atoms with Crippen LogP contribution in [0.2, 0.25) is 5.02 Å². The van der Waals surface area contributed by atoms with Crippen molar-refractivity contribution in [3.8, 4) is 0 Å². The van der Waals surface area contributed by atoms with Gasteiger partial charge < -0.3 is 4.74 Å². The number of rotatable bonds is 3. The highest BCUT2D eigenvalue weighted by Crippen LogP contribution is 2.32. The van der Waals surface area contributed by atoms with E-state index in [1.54, 1.807) is 6.07 Å². The van der Waals surface area contributed by atoms with E-state index in [4.69, 9.17) is 21.5 Å². The zero-order valence-corrected chi connectivity index (χ0v) is 13.0. The normalized spacial score (nSPS) is 23.1. The minimum atomic E-state index is -3.86. The lowest BCUT2D eigenvalue weighted by atomic mass is 10.0. The molecule has 0 radical (unpaired) electrons. The van der Waals surface area contributed by atoms with Crippen molar-refractivity contribution in [1.82, 2.24) is 0 Å². The highest BCUT2D eigenvalue weighted by Gasteiger charge is 2.31. The van der Waals surface area contributed by atoms with Gasteiger partial charge >= 0.3 is 0 Å². The van der Waals surface area contributed by atoms with Crippen molar-refractivity contribution >= 4 is 27.5 Å². The first kappa shape index (κ1) is 14.8. The topological polar surface area (TPSA) is 81.8 Å². The van der Waals surface area contributed by atoms with Crippen LogP contribution < -0.4 is 5.14 Å². The Hall–Kier alpha value is -1.11. The molecule has 0 saturated heterocycles. The summed E-state index contributed by atoms with van der Waals surface area (Å²) in [7, 11) is -3.86. The first-order valence-electron chi connectivity index (χ1n) is 6.99. The standard InChI is InChI=1S/C14H17ClN2O3S/c15-11-6-5-10(7-13(11)21(16,18)19)14-17-8-12(20-14)9-3-1-2-4-9/h5-7,9,12H,1-4,8H2,(H2,16,18,19). The Morgan fingerprint density at radius 2 is 2.00 bits per heavy atom. The molecule has 0 aromatic heterocycles. The van der Waals surface area contributed by atoms with Gasteiger partial charge in [-0.05, 0) is 37.0 Å². The summed E-state index contributed by atoms with van der Waals surface area (Å²) in [5.74, 6) is 1.03. The van der Waals surface area contributed by atoms with Crippen LogP contribution in [0.25, 0.3) is 0 Å². The number of benzene rings is 1. The third-order valence-electron chi connectivity index (χ3n) is 4.09. The maximum absolute atomic E-state index is 11.5. The molecule has 2 N–H and O–H groups in total. The van der Waals surface area contributed by atoms with Crippen LogP contribution in [0.4, 0.5) is 0 Å². The van der Waals surface area contributed by atoms with Crippen LogP contribution in [-0.2, 0) is 14.8 Å². The summed E-state index contributed by atoms with van der Waals surface area (Å²) in [5, 5.41) is 5.26. The molecular weight excluding hydrogens is 312 g/mol. The minimum Gasteiger partial charge on any atom is -0.472 e. The highest BCUT2D eigenvalue weighted by atomic mass is 35.5. The van der Waals surface area contributed by atoms with Crippen LogP contribution in [-0.4, -0.2) is 27.0 Å². The van der Waals surface area contributed by atoms with E-state index in [1.165, 1.54) is 37.8 Å². The van der Waals surface area contributed by atoms with Crippen molar-refractivity contribution in [1.29, 1.82) is 0 Å². The molecule has 21 heavy (non-hydrogen) atoms. The summed E-state index contributed by atoms with van der Waals surface area (Å²) < 4.78 is 28.9. The minimum absolute atomic E-state index is 0.0997. The average molecular weight is 329 g/mol. The number of nitrogens with zero attached hydrogens (tertiary/aromatic N) is 1. The smallest absolute Gasteiger partial charge is 0.239 e. The molecule has 1 atom stereocenters. The Morgan fingerprint density at radius 1 is 1.29 bits per heavy atom. The third kappa shape index (κ3) is 3.07. The van der Waals surface area contributed by atoms with E-state index >= 15 is 0 Å². The lowest BCUT2D eigenvalue weighted by molar-refractivity contribution is 0.155. The molecular formula is C14H17ClN2O3S. The van der Waals surface area contributed by atoms with Gasteiger partial charge in [0.1, 0.15) is 11.0 Å². The van der Waals surface area contributed by atoms with Crippen LogP contribution in [0, 0.1) is 5.92 Å². The highest BCUT2D eigenvalue weighted by molar-refractivity contribution is 7.89. The van der Waals surface area contributed by atoms with Crippen LogP contribution >= 0.6 is 11.6 Å². The number of halogens is 1. The number of hydrogen-bond donors (Lipinski definition) is 1. The molecule has 1 fully saturated rings.